The number of nitrogens with one attached hydrogen (secondary N) is 2. The molecule has 6 heteroatoms. The fourth-order valence-corrected chi connectivity index (χ4v) is 1.69. The Bertz CT molecular complexity index is 569. The second-order valence-corrected chi connectivity index (χ2v) is 4.01. The van der Waals surface area contributed by atoms with E-state index in [0.29, 0.717) is 11.6 Å². The molecule has 0 radical (unpaired) electrons. The zero-order valence-corrected chi connectivity index (χ0v) is 10.6. The first-order valence-electron chi connectivity index (χ1n) is 5.79. The summed E-state index contributed by atoms with van der Waals surface area (Å²) >= 11 is 0. The summed E-state index contributed by atoms with van der Waals surface area (Å²) in [5.41, 5.74) is 0.154. The Morgan fingerprint density at radius 1 is 1.53 bits per heavy atom. The molecule has 0 aliphatic heterocycles. The van der Waals surface area contributed by atoms with Crippen LogP contribution in [-0.2, 0) is 0 Å². The van der Waals surface area contributed by atoms with E-state index in [0.717, 1.165) is 12.3 Å². The smallest absolute Gasteiger partial charge is 0.255 e. The maximum Gasteiger partial charge on any atom is 0.255 e. The molecule has 1 amide bonds. The predicted molar refractivity (Wildman–Crippen MR) is 68.3 cm³/mol. The van der Waals surface area contributed by atoms with E-state index >= 15 is 0 Å². The molecule has 0 spiro atoms. The molecule has 2 rings (SSSR count). The van der Waals surface area contributed by atoms with Crippen LogP contribution in [0.3, 0.4) is 0 Å². The fraction of sp³-hybridized carbons (Fsp3) is 0.231. The number of rotatable bonds is 4. The average molecular weight is 263 g/mol. The van der Waals surface area contributed by atoms with Crippen LogP contribution in [0.4, 0.5) is 10.2 Å². The third-order valence-electron chi connectivity index (χ3n) is 2.65. The van der Waals surface area contributed by atoms with Crippen molar-refractivity contribution in [3.8, 4) is 0 Å². The second kappa shape index (κ2) is 5.51. The van der Waals surface area contributed by atoms with Crippen LogP contribution in [0.2, 0.25) is 0 Å². The summed E-state index contributed by atoms with van der Waals surface area (Å²) in [5.74, 6) is -0.0238. The van der Waals surface area contributed by atoms with Crippen molar-refractivity contribution < 1.29 is 13.6 Å². The molecular weight excluding hydrogens is 249 g/mol. The van der Waals surface area contributed by atoms with E-state index in [1.165, 1.54) is 6.26 Å². The van der Waals surface area contributed by atoms with Gasteiger partial charge in [0.2, 0.25) is 0 Å². The zero-order valence-electron chi connectivity index (χ0n) is 10.6. The van der Waals surface area contributed by atoms with Crippen LogP contribution in [0.15, 0.2) is 35.1 Å². The highest BCUT2D eigenvalue weighted by atomic mass is 19.1. The highest BCUT2D eigenvalue weighted by Gasteiger charge is 2.17. The lowest BCUT2D eigenvalue weighted by molar-refractivity contribution is 0.0935. The number of carbonyl (C=O) groups is 1. The predicted octanol–water partition coefficient (Wildman–Crippen LogP) is 2.35. The zero-order chi connectivity index (χ0) is 13.8. The van der Waals surface area contributed by atoms with Crippen molar-refractivity contribution in [2.45, 2.75) is 13.0 Å². The van der Waals surface area contributed by atoms with Gasteiger partial charge in [-0.25, -0.2) is 9.37 Å². The lowest BCUT2D eigenvalue weighted by Gasteiger charge is -2.13. The van der Waals surface area contributed by atoms with Crippen molar-refractivity contribution in [1.29, 1.82) is 0 Å². The molecule has 0 saturated heterocycles. The highest BCUT2D eigenvalue weighted by Crippen LogP contribution is 2.16. The summed E-state index contributed by atoms with van der Waals surface area (Å²) in [6, 6.07) is 4.33. The normalized spacial score (nSPS) is 11.9. The van der Waals surface area contributed by atoms with Crippen LogP contribution < -0.4 is 10.6 Å². The van der Waals surface area contributed by atoms with Crippen molar-refractivity contribution in [1.82, 2.24) is 10.3 Å². The molecule has 2 aromatic rings. The average Bonchev–Trinajstić information content (AvgIpc) is 2.92. The molecule has 1 atom stereocenters. The molecule has 1 unspecified atom stereocenters. The molecule has 5 nitrogen and oxygen atoms in total. The van der Waals surface area contributed by atoms with E-state index in [1.54, 1.807) is 26.1 Å². The number of furan rings is 1. The molecule has 0 saturated carbocycles. The third kappa shape index (κ3) is 2.90. The first-order valence-corrected chi connectivity index (χ1v) is 5.79. The summed E-state index contributed by atoms with van der Waals surface area (Å²) in [6.45, 7) is 1.78. The standard InChI is InChI=1S/C13H14FN3O2/c1-8(11-4-3-5-19-11)17-13(18)10-6-9(14)7-16-12(10)15-2/h3-8H,1-2H3,(H,15,16)(H,17,18). The lowest BCUT2D eigenvalue weighted by atomic mass is 10.2. The van der Waals surface area contributed by atoms with Gasteiger partial charge in [-0.15, -0.1) is 0 Å². The van der Waals surface area contributed by atoms with Gasteiger partial charge >= 0.3 is 0 Å². The Balaban J connectivity index is 2.18. The van der Waals surface area contributed by atoms with Gasteiger partial charge in [0.05, 0.1) is 24.1 Å². The van der Waals surface area contributed by atoms with Crippen LogP contribution in [0.5, 0.6) is 0 Å². The Morgan fingerprint density at radius 2 is 2.32 bits per heavy atom. The molecular formula is C13H14FN3O2. The van der Waals surface area contributed by atoms with E-state index in [-0.39, 0.29) is 11.6 Å². The Morgan fingerprint density at radius 3 is 2.95 bits per heavy atom. The summed E-state index contributed by atoms with van der Waals surface area (Å²) in [7, 11) is 1.62. The monoisotopic (exact) mass is 263 g/mol. The van der Waals surface area contributed by atoms with Gasteiger partial charge < -0.3 is 15.1 Å². The molecule has 0 aliphatic rings. The van der Waals surface area contributed by atoms with Crippen molar-refractivity contribution in [3.05, 3.63) is 47.8 Å². The molecule has 0 fully saturated rings. The van der Waals surface area contributed by atoms with E-state index in [1.807, 2.05) is 0 Å². The van der Waals surface area contributed by atoms with Crippen LogP contribution in [0.1, 0.15) is 29.1 Å². The van der Waals surface area contributed by atoms with Gasteiger partial charge in [-0.2, -0.15) is 0 Å². The van der Waals surface area contributed by atoms with Crippen molar-refractivity contribution in [3.63, 3.8) is 0 Å². The molecule has 0 aromatic carbocycles. The van der Waals surface area contributed by atoms with Gasteiger partial charge in [0.15, 0.2) is 0 Å². The molecule has 2 heterocycles. The van der Waals surface area contributed by atoms with Crippen LogP contribution in [0.25, 0.3) is 0 Å². The van der Waals surface area contributed by atoms with Gasteiger partial charge in [0.1, 0.15) is 17.4 Å². The molecule has 2 aromatic heterocycles. The molecule has 0 bridgehead atoms. The molecule has 100 valence electrons. The summed E-state index contributed by atoms with van der Waals surface area (Å²) in [4.78, 5) is 15.9. The number of amides is 1. The number of pyridine rings is 1. The Hall–Kier alpha value is -2.37. The number of halogens is 1. The van der Waals surface area contributed by atoms with Gasteiger partial charge in [-0.1, -0.05) is 0 Å². The van der Waals surface area contributed by atoms with Crippen LogP contribution >= 0.6 is 0 Å². The minimum atomic E-state index is -0.560. The number of hydrogen-bond acceptors (Lipinski definition) is 4. The summed E-state index contributed by atoms with van der Waals surface area (Å²) in [6.07, 6.45) is 2.58. The maximum atomic E-state index is 13.2. The fourth-order valence-electron chi connectivity index (χ4n) is 1.69. The first-order chi connectivity index (χ1) is 9.11. The van der Waals surface area contributed by atoms with Crippen molar-refractivity contribution >= 4 is 11.7 Å². The van der Waals surface area contributed by atoms with Gasteiger partial charge in [0, 0.05) is 7.05 Å². The lowest BCUT2D eigenvalue weighted by Crippen LogP contribution is -2.27. The summed E-state index contributed by atoms with van der Waals surface area (Å²) < 4.78 is 18.4. The SMILES string of the molecule is CNc1ncc(F)cc1C(=O)NC(C)c1ccco1. The van der Waals surface area contributed by atoms with Crippen molar-refractivity contribution in [2.75, 3.05) is 12.4 Å². The largest absolute Gasteiger partial charge is 0.467 e. The van der Waals surface area contributed by atoms with Gasteiger partial charge in [0.25, 0.3) is 5.91 Å². The topological polar surface area (TPSA) is 67.2 Å². The van der Waals surface area contributed by atoms with E-state index in [2.05, 4.69) is 15.6 Å². The van der Waals surface area contributed by atoms with Crippen LogP contribution in [0, 0.1) is 5.82 Å². The minimum Gasteiger partial charge on any atom is -0.467 e. The Labute approximate surface area is 109 Å². The van der Waals surface area contributed by atoms with Gasteiger partial charge in [-0.3, -0.25) is 4.79 Å². The minimum absolute atomic E-state index is 0.154. The first kappa shape index (κ1) is 13.1. The van der Waals surface area contributed by atoms with Crippen LogP contribution in [-0.4, -0.2) is 17.9 Å². The highest BCUT2D eigenvalue weighted by molar-refractivity contribution is 5.98. The quantitative estimate of drug-likeness (QED) is 0.888. The number of aromatic nitrogens is 1. The van der Waals surface area contributed by atoms with Gasteiger partial charge in [-0.05, 0) is 25.1 Å². The number of hydrogen-bond donors (Lipinski definition) is 2. The number of carbonyl (C=O) groups excluding carboxylic acids is 1. The number of anilines is 1. The second-order valence-electron chi connectivity index (χ2n) is 4.01. The Kier molecular flexibility index (Phi) is 3.79. The number of nitrogens with zero attached hydrogens (tertiary/aromatic N) is 1. The van der Waals surface area contributed by atoms with E-state index in [9.17, 15) is 9.18 Å². The molecule has 0 aliphatic carbocycles. The van der Waals surface area contributed by atoms with Crippen molar-refractivity contribution in [2.24, 2.45) is 0 Å². The molecule has 2 N–H and O–H groups in total. The van der Waals surface area contributed by atoms with E-state index in [4.69, 9.17) is 4.42 Å². The maximum absolute atomic E-state index is 13.2. The third-order valence-corrected chi connectivity index (χ3v) is 2.65. The molecule has 19 heavy (non-hydrogen) atoms. The van der Waals surface area contributed by atoms with E-state index < -0.39 is 11.7 Å². The summed E-state index contributed by atoms with van der Waals surface area (Å²) in [5, 5.41) is 5.47.